The second-order valence-electron chi connectivity index (χ2n) is 4.50. The number of carbonyl (C=O) groups is 1. The van der Waals surface area contributed by atoms with Gasteiger partial charge < -0.3 is 14.2 Å². The quantitative estimate of drug-likeness (QED) is 0.720. The van der Waals surface area contributed by atoms with Crippen molar-refractivity contribution in [2.45, 2.75) is 11.8 Å². The van der Waals surface area contributed by atoms with Gasteiger partial charge in [0.15, 0.2) is 0 Å². The molecule has 0 amide bonds. The Balaban J connectivity index is 2.40. The SMILES string of the molecule is CCOC(=O)c1cn[nH]c1NS(=O)(=O)c1cc(OC)ccc1OC. The van der Waals surface area contributed by atoms with Crippen molar-refractivity contribution in [2.24, 2.45) is 0 Å². The lowest BCUT2D eigenvalue weighted by Crippen LogP contribution is -2.17. The third-order valence-electron chi connectivity index (χ3n) is 3.03. The summed E-state index contributed by atoms with van der Waals surface area (Å²) in [5.74, 6) is -0.327. The van der Waals surface area contributed by atoms with Crippen LogP contribution in [0.3, 0.4) is 0 Å². The van der Waals surface area contributed by atoms with Crippen molar-refractivity contribution in [2.75, 3.05) is 25.5 Å². The number of aromatic amines is 1. The molecule has 0 aliphatic rings. The second kappa shape index (κ2) is 7.21. The van der Waals surface area contributed by atoms with Crippen LogP contribution in [-0.4, -0.2) is 45.4 Å². The molecule has 0 aliphatic carbocycles. The van der Waals surface area contributed by atoms with E-state index in [2.05, 4.69) is 14.9 Å². The Morgan fingerprint density at radius 1 is 1.29 bits per heavy atom. The number of H-pyrrole nitrogens is 1. The van der Waals surface area contributed by atoms with Crippen molar-refractivity contribution < 1.29 is 27.4 Å². The molecule has 24 heavy (non-hydrogen) atoms. The highest BCUT2D eigenvalue weighted by Crippen LogP contribution is 2.30. The highest BCUT2D eigenvalue weighted by molar-refractivity contribution is 7.92. The highest BCUT2D eigenvalue weighted by Gasteiger charge is 2.24. The summed E-state index contributed by atoms with van der Waals surface area (Å²) >= 11 is 0. The van der Waals surface area contributed by atoms with Crippen molar-refractivity contribution in [3.05, 3.63) is 30.0 Å². The fourth-order valence-electron chi connectivity index (χ4n) is 1.91. The van der Waals surface area contributed by atoms with E-state index in [-0.39, 0.29) is 28.6 Å². The first-order valence-corrected chi connectivity index (χ1v) is 8.36. The van der Waals surface area contributed by atoms with E-state index < -0.39 is 16.0 Å². The zero-order chi connectivity index (χ0) is 17.7. The first-order valence-electron chi connectivity index (χ1n) is 6.88. The van der Waals surface area contributed by atoms with Gasteiger partial charge in [0.25, 0.3) is 10.0 Å². The van der Waals surface area contributed by atoms with Crippen LogP contribution in [0.25, 0.3) is 0 Å². The lowest BCUT2D eigenvalue weighted by atomic mass is 10.3. The van der Waals surface area contributed by atoms with Crippen LogP contribution in [0.4, 0.5) is 5.82 Å². The lowest BCUT2D eigenvalue weighted by molar-refractivity contribution is 0.0527. The molecule has 9 nitrogen and oxygen atoms in total. The third kappa shape index (κ3) is 3.59. The van der Waals surface area contributed by atoms with E-state index in [1.807, 2.05) is 0 Å². The van der Waals surface area contributed by atoms with Crippen molar-refractivity contribution >= 4 is 21.8 Å². The molecule has 0 fully saturated rings. The number of aromatic nitrogens is 2. The van der Waals surface area contributed by atoms with Crippen LogP contribution in [0, 0.1) is 0 Å². The van der Waals surface area contributed by atoms with Gasteiger partial charge >= 0.3 is 5.97 Å². The molecule has 1 heterocycles. The number of sulfonamides is 1. The number of esters is 1. The standard InChI is InChI=1S/C14H17N3O6S/c1-4-23-14(18)10-8-15-16-13(10)17-24(19,20)12-7-9(21-2)5-6-11(12)22-3/h5-8H,4H2,1-3H3,(H2,15,16,17). The fourth-order valence-corrected chi connectivity index (χ4v) is 3.13. The number of ether oxygens (including phenoxy) is 3. The summed E-state index contributed by atoms with van der Waals surface area (Å²) in [5, 5.41) is 6.09. The maximum Gasteiger partial charge on any atom is 0.343 e. The predicted molar refractivity (Wildman–Crippen MR) is 84.9 cm³/mol. The summed E-state index contributed by atoms with van der Waals surface area (Å²) in [5.41, 5.74) is -0.0257. The summed E-state index contributed by atoms with van der Waals surface area (Å²) in [6.07, 6.45) is 1.18. The van der Waals surface area contributed by atoms with Gasteiger partial charge in [0.2, 0.25) is 0 Å². The van der Waals surface area contributed by atoms with Crippen LogP contribution in [0.15, 0.2) is 29.3 Å². The highest BCUT2D eigenvalue weighted by atomic mass is 32.2. The topological polar surface area (TPSA) is 120 Å². The first-order chi connectivity index (χ1) is 11.4. The molecule has 0 saturated carbocycles. The Hall–Kier alpha value is -2.75. The van der Waals surface area contributed by atoms with Gasteiger partial charge in [-0.25, -0.2) is 13.2 Å². The molecular weight excluding hydrogens is 338 g/mol. The number of benzene rings is 1. The molecule has 2 rings (SSSR count). The van der Waals surface area contributed by atoms with Crippen LogP contribution in [-0.2, 0) is 14.8 Å². The van der Waals surface area contributed by atoms with Crippen LogP contribution in [0.1, 0.15) is 17.3 Å². The smallest absolute Gasteiger partial charge is 0.343 e. The Bertz CT molecular complexity index is 831. The van der Waals surface area contributed by atoms with Crippen LogP contribution in [0.2, 0.25) is 0 Å². The molecule has 0 spiro atoms. The van der Waals surface area contributed by atoms with Gasteiger partial charge in [0, 0.05) is 6.07 Å². The molecule has 2 aromatic rings. The molecule has 2 N–H and O–H groups in total. The molecular formula is C14H17N3O6S. The molecule has 0 unspecified atom stereocenters. The molecule has 0 aliphatic heterocycles. The predicted octanol–water partition coefficient (Wildman–Crippen LogP) is 1.40. The maximum absolute atomic E-state index is 12.6. The van der Waals surface area contributed by atoms with Crippen LogP contribution < -0.4 is 14.2 Å². The van der Waals surface area contributed by atoms with E-state index in [0.717, 1.165) is 0 Å². The molecule has 0 saturated heterocycles. The van der Waals surface area contributed by atoms with Gasteiger partial charge in [-0.2, -0.15) is 5.10 Å². The minimum Gasteiger partial charge on any atom is -0.497 e. The van der Waals surface area contributed by atoms with Crippen molar-refractivity contribution in [3.63, 3.8) is 0 Å². The van der Waals surface area contributed by atoms with Gasteiger partial charge in [0.05, 0.1) is 27.0 Å². The normalized spacial score (nSPS) is 11.0. The van der Waals surface area contributed by atoms with Gasteiger partial charge in [0.1, 0.15) is 27.8 Å². The number of nitrogens with zero attached hydrogens (tertiary/aromatic N) is 1. The lowest BCUT2D eigenvalue weighted by Gasteiger charge is -2.12. The number of carbonyl (C=O) groups excluding carboxylic acids is 1. The summed E-state index contributed by atoms with van der Waals surface area (Å²) in [4.78, 5) is 11.7. The number of rotatable bonds is 7. The maximum atomic E-state index is 12.6. The molecule has 0 bridgehead atoms. The number of methoxy groups -OCH3 is 2. The average Bonchev–Trinajstić information content (AvgIpc) is 3.01. The van der Waals surface area contributed by atoms with Gasteiger partial charge in [-0.3, -0.25) is 9.82 Å². The number of anilines is 1. The van der Waals surface area contributed by atoms with E-state index >= 15 is 0 Å². The van der Waals surface area contributed by atoms with Crippen molar-refractivity contribution in [1.29, 1.82) is 0 Å². The van der Waals surface area contributed by atoms with Crippen molar-refractivity contribution in [3.8, 4) is 11.5 Å². The second-order valence-corrected chi connectivity index (χ2v) is 6.15. The monoisotopic (exact) mass is 355 g/mol. The van der Waals surface area contributed by atoms with Crippen LogP contribution >= 0.6 is 0 Å². The van der Waals surface area contributed by atoms with E-state index in [1.54, 1.807) is 13.0 Å². The minimum atomic E-state index is -4.06. The summed E-state index contributed by atoms with van der Waals surface area (Å²) < 4.78 is 42.5. The number of nitrogens with one attached hydrogen (secondary N) is 2. The Labute approximate surface area is 139 Å². The van der Waals surface area contributed by atoms with E-state index in [0.29, 0.717) is 5.75 Å². The largest absolute Gasteiger partial charge is 0.497 e. The Morgan fingerprint density at radius 3 is 2.67 bits per heavy atom. The summed E-state index contributed by atoms with van der Waals surface area (Å²) in [6.45, 7) is 1.79. The number of hydrogen-bond acceptors (Lipinski definition) is 7. The Morgan fingerprint density at radius 2 is 2.04 bits per heavy atom. The molecule has 0 atom stereocenters. The zero-order valence-corrected chi connectivity index (χ0v) is 14.1. The van der Waals surface area contributed by atoms with Gasteiger partial charge in [-0.1, -0.05) is 0 Å². The molecule has 0 radical (unpaired) electrons. The molecule has 1 aromatic heterocycles. The van der Waals surface area contributed by atoms with E-state index in [1.165, 1.54) is 32.5 Å². The molecule has 10 heteroatoms. The fraction of sp³-hybridized carbons (Fsp3) is 0.286. The Kier molecular flexibility index (Phi) is 5.29. The summed E-state index contributed by atoms with van der Waals surface area (Å²) in [7, 11) is -1.30. The van der Waals surface area contributed by atoms with E-state index in [9.17, 15) is 13.2 Å². The van der Waals surface area contributed by atoms with Gasteiger partial charge in [-0.05, 0) is 19.1 Å². The van der Waals surface area contributed by atoms with Crippen molar-refractivity contribution in [1.82, 2.24) is 10.2 Å². The molecule has 1 aromatic carbocycles. The van der Waals surface area contributed by atoms with E-state index in [4.69, 9.17) is 14.2 Å². The zero-order valence-electron chi connectivity index (χ0n) is 13.3. The minimum absolute atomic E-state index is 0.0257. The van der Waals surface area contributed by atoms with Crippen LogP contribution in [0.5, 0.6) is 11.5 Å². The first kappa shape index (κ1) is 17.6. The average molecular weight is 355 g/mol. The molecule has 130 valence electrons. The number of hydrogen-bond donors (Lipinski definition) is 2. The van der Waals surface area contributed by atoms with Gasteiger partial charge in [-0.15, -0.1) is 0 Å². The summed E-state index contributed by atoms with van der Waals surface area (Å²) in [6, 6.07) is 4.34. The third-order valence-corrected chi connectivity index (χ3v) is 4.40.